The average molecular weight is 271 g/mol. The fourth-order valence-corrected chi connectivity index (χ4v) is 0. The summed E-state index contributed by atoms with van der Waals surface area (Å²) < 4.78 is 8.14. The van der Waals surface area contributed by atoms with Crippen LogP contribution in [0, 0.1) is 0 Å². The van der Waals surface area contributed by atoms with Gasteiger partial charge in [0.15, 0.2) is 0 Å². The van der Waals surface area contributed by atoms with Crippen molar-refractivity contribution in [1.82, 2.24) is 0 Å². The van der Waals surface area contributed by atoms with Gasteiger partial charge in [-0.2, -0.15) is 0 Å². The minimum atomic E-state index is -2.58. The Kier molecular flexibility index (Phi) is 2.32. The molecule has 0 aromatic carbocycles. The number of hydrogen-bond donors (Lipinski definition) is 2. The Labute approximate surface area is 41.3 Å². The van der Waals surface area contributed by atoms with Crippen molar-refractivity contribution in [3.63, 3.8) is 0 Å². The molecular weight excluding hydrogens is 267 g/mol. The molecule has 0 atom stereocenters. The molecule has 0 rings (SSSR count). The van der Waals surface area contributed by atoms with Gasteiger partial charge in [-0.25, -0.2) is 0 Å². The summed E-state index contributed by atoms with van der Waals surface area (Å²) in [7, 11) is 0. The zero-order valence-electron chi connectivity index (χ0n) is 2.79. The van der Waals surface area contributed by atoms with Gasteiger partial charge < -0.3 is 0 Å². The summed E-state index contributed by atoms with van der Waals surface area (Å²) in [5.74, 6) is 0. The summed E-state index contributed by atoms with van der Waals surface area (Å²) in [6, 6.07) is 0. The molecule has 0 radical (unpaired) electrons. The molecule has 40 valence electrons. The van der Waals surface area contributed by atoms with Crippen LogP contribution in [-0.4, -0.2) is 4.36 Å². The van der Waals surface area contributed by atoms with E-state index in [0.717, 1.165) is 0 Å². The third kappa shape index (κ3) is 2.32. The molecule has 0 spiro atoms. The average Bonchev–Trinajstić information content (AvgIpc) is 1.36. The van der Waals surface area contributed by atoms with Gasteiger partial charge >= 0.3 is 40.7 Å². The van der Waals surface area contributed by atoms with E-state index < -0.39 is 22.2 Å². The van der Waals surface area contributed by atoms with E-state index in [2.05, 4.69) is 0 Å². The molecule has 4 nitrogen and oxygen atoms in total. The van der Waals surface area contributed by atoms with Gasteiger partial charge in [-0.15, -0.1) is 0 Å². The summed E-state index contributed by atoms with van der Waals surface area (Å²) in [5, 5.41) is 9.41. The predicted molar refractivity (Wildman–Crippen MR) is 13.8 cm³/mol. The third-order valence-electron chi connectivity index (χ3n) is 0.149. The number of nitrogens with two attached hydrogens (primary N) is 2. The summed E-state index contributed by atoms with van der Waals surface area (Å²) in [6.45, 7) is 0. The number of carboxylic acid groups (broad SMARTS) is 1. The first-order valence-electron chi connectivity index (χ1n) is 0.932. The van der Waals surface area contributed by atoms with Gasteiger partial charge in [-0.1, -0.05) is 0 Å². The van der Waals surface area contributed by atoms with Crippen LogP contribution < -0.4 is 13.7 Å². The fourth-order valence-electron chi connectivity index (χ4n) is 0. The Balaban J connectivity index is 3.26. The first kappa shape index (κ1) is 6.08. The van der Waals surface area contributed by atoms with Gasteiger partial charge in [-0.3, -0.25) is 0 Å². The first-order valence-corrected chi connectivity index (χ1v) is 4.69. The van der Waals surface area contributed by atoms with Crippen molar-refractivity contribution in [2.75, 3.05) is 0 Å². The Bertz CT molecular complexity index is 62.6. The van der Waals surface area contributed by atoms with Gasteiger partial charge in [0.05, 0.1) is 0 Å². The molecule has 0 saturated heterocycles. The number of rotatable bonds is 1. The van der Waals surface area contributed by atoms with Crippen LogP contribution in [0.15, 0.2) is 0 Å². The molecule has 0 amide bonds. The normalized spacial score (nSPS) is 10.7. The van der Waals surface area contributed by atoms with Crippen LogP contribution in [0.1, 0.15) is 0 Å². The molecule has 0 heterocycles. The summed E-state index contributed by atoms with van der Waals surface area (Å²) in [6.07, 6.45) is 0. The van der Waals surface area contributed by atoms with E-state index in [9.17, 15) is 9.90 Å². The van der Waals surface area contributed by atoms with Crippen LogP contribution in [0.3, 0.4) is 0 Å². The topological polar surface area (TPSA) is 92.2 Å². The van der Waals surface area contributed by atoms with Crippen LogP contribution in [0.5, 0.6) is 0 Å². The Hall–Kier alpha value is 0.0783. The first-order chi connectivity index (χ1) is 2.64. The van der Waals surface area contributed by atoms with E-state index in [1.54, 1.807) is 0 Å². The molecule has 0 unspecified atom stereocenters. The number of hydrogen-bond acceptors (Lipinski definition) is 4. The number of carbonyl (C=O) groups excluding carboxylic acids is 1. The molecule has 0 aliphatic rings. The summed E-state index contributed by atoms with van der Waals surface area (Å²) in [4.78, 5) is 9.41. The second kappa shape index (κ2) is 2.29. The van der Waals surface area contributed by atoms with E-state index in [4.69, 9.17) is 8.58 Å². The van der Waals surface area contributed by atoms with Gasteiger partial charge in [0.25, 0.3) is 0 Å². The van der Waals surface area contributed by atoms with Crippen molar-refractivity contribution < 1.29 is 27.7 Å². The molecule has 0 saturated carbocycles. The van der Waals surface area contributed by atoms with Crippen molar-refractivity contribution in [3.8, 4) is 0 Å². The van der Waals surface area contributed by atoms with Crippen LogP contribution in [-0.2, 0) is 17.8 Å². The van der Waals surface area contributed by atoms with E-state index >= 15 is 0 Å². The quantitative estimate of drug-likeness (QED) is 0.561. The van der Waals surface area contributed by atoms with Gasteiger partial charge in [0.1, 0.15) is 0 Å². The molecule has 0 aromatic rings. The monoisotopic (exact) mass is 271 g/mol. The molecule has 0 aliphatic carbocycles. The summed E-state index contributed by atoms with van der Waals surface area (Å²) in [5.41, 5.74) is 0. The Morgan fingerprint density at radius 2 is 1.83 bits per heavy atom. The third-order valence-corrected chi connectivity index (χ3v) is 1.22. The second-order valence-electron chi connectivity index (χ2n) is 0.500. The maximum atomic E-state index is 9.41. The van der Waals surface area contributed by atoms with Crippen molar-refractivity contribution in [1.29, 1.82) is 0 Å². The standard InChI is InChI=1S/CO2.2H2N.Pt/c2-1-3;;;/h;2*1H2;/q3*-1;+3. The van der Waals surface area contributed by atoms with Crippen LogP contribution in [0.2, 0.25) is 0 Å². The Morgan fingerprint density at radius 3 is 1.83 bits per heavy atom. The molecule has 6 heavy (non-hydrogen) atoms. The molecule has 0 aromatic heterocycles. The van der Waals surface area contributed by atoms with Crippen molar-refractivity contribution in [2.45, 2.75) is 0 Å². The van der Waals surface area contributed by atoms with Gasteiger partial charge in [0, 0.05) is 0 Å². The van der Waals surface area contributed by atoms with E-state index in [-0.39, 0.29) is 0 Å². The van der Waals surface area contributed by atoms with E-state index in [1.165, 1.54) is 0 Å². The van der Waals surface area contributed by atoms with Crippen molar-refractivity contribution in [2.24, 2.45) is 8.58 Å². The fraction of sp³-hybridized carbons (Fsp3) is 0. The van der Waals surface area contributed by atoms with Crippen LogP contribution in [0.25, 0.3) is 0 Å². The van der Waals surface area contributed by atoms with Crippen molar-refractivity contribution in [3.05, 3.63) is 0 Å². The van der Waals surface area contributed by atoms with E-state index in [0.29, 0.717) is 0 Å². The van der Waals surface area contributed by atoms with Gasteiger partial charge in [0.2, 0.25) is 0 Å². The maximum absolute atomic E-state index is 9.41. The van der Waals surface area contributed by atoms with E-state index in [1.807, 2.05) is 0 Å². The van der Waals surface area contributed by atoms with Crippen molar-refractivity contribution >= 4 is 4.36 Å². The zero-order chi connectivity index (χ0) is 5.15. The predicted octanol–water partition coefficient (Wildman–Crippen LogP) is -2.30. The molecule has 5 heteroatoms. The minimum absolute atomic E-state index is 1.28. The molecular formula is CH4N2O2Pt. The second-order valence-corrected chi connectivity index (χ2v) is 3.50. The molecule has 0 fully saturated rings. The van der Waals surface area contributed by atoms with Gasteiger partial charge in [-0.05, 0) is 0 Å². The molecule has 4 N–H and O–H groups in total. The Morgan fingerprint density at radius 1 is 1.67 bits per heavy atom. The number of carbonyl (C=O) groups is 1. The van der Waals surface area contributed by atoms with Crippen LogP contribution in [0.4, 0.5) is 4.79 Å². The zero-order valence-corrected chi connectivity index (χ0v) is 5.06. The molecule has 0 bridgehead atoms. The SMILES string of the molecule is [NH2][Pt+]([NH2])[C](=O)[O-]. The summed E-state index contributed by atoms with van der Waals surface area (Å²) >= 11 is -2.58. The van der Waals surface area contributed by atoms with Crippen LogP contribution >= 0.6 is 0 Å². The molecule has 0 aliphatic heterocycles.